The summed E-state index contributed by atoms with van der Waals surface area (Å²) in [4.78, 5) is 25.6. The van der Waals surface area contributed by atoms with Gasteiger partial charge >= 0.3 is 5.97 Å². The molecule has 1 aliphatic carbocycles. The Hall–Kier alpha value is -1.15. The first-order valence-electron chi connectivity index (χ1n) is 9.23. The molecule has 1 saturated carbocycles. The number of hydrogen-bond acceptors (Lipinski definition) is 4. The first kappa shape index (κ1) is 20.2. The van der Waals surface area contributed by atoms with Crippen molar-refractivity contribution in [1.29, 1.82) is 0 Å². The molecule has 2 atom stereocenters. The highest BCUT2D eigenvalue weighted by molar-refractivity contribution is 7.90. The molecule has 2 aliphatic rings. The molecule has 1 aliphatic heterocycles. The van der Waals surface area contributed by atoms with Gasteiger partial charge in [-0.3, -0.25) is 9.59 Å². The summed E-state index contributed by atoms with van der Waals surface area (Å²) in [5.74, 6) is -1.00. The second-order valence-corrected chi connectivity index (χ2v) is 9.71. The summed E-state index contributed by atoms with van der Waals surface area (Å²) in [6.07, 6.45) is 5.22. The lowest BCUT2D eigenvalue weighted by Gasteiger charge is -2.34. The Morgan fingerprint density at radius 1 is 1.16 bits per heavy atom. The highest BCUT2D eigenvalue weighted by Crippen LogP contribution is 2.28. The number of hydrogen-bond donors (Lipinski definition) is 2. The van der Waals surface area contributed by atoms with E-state index in [0.717, 1.165) is 25.7 Å². The molecule has 0 radical (unpaired) electrons. The number of nitrogens with one attached hydrogen (secondary N) is 1. The Morgan fingerprint density at radius 2 is 1.80 bits per heavy atom. The molecule has 0 aromatic carbocycles. The molecule has 2 N–H and O–H groups in total. The summed E-state index contributed by atoms with van der Waals surface area (Å²) in [6, 6.07) is -1.12. The van der Waals surface area contributed by atoms with Crippen molar-refractivity contribution in [2.24, 2.45) is 11.8 Å². The van der Waals surface area contributed by atoms with Gasteiger partial charge in [0.1, 0.15) is 6.04 Å². The van der Waals surface area contributed by atoms with E-state index in [1.165, 1.54) is 0 Å². The van der Waals surface area contributed by atoms with Crippen LogP contribution in [-0.4, -0.2) is 54.7 Å². The minimum absolute atomic E-state index is 0.0297. The SMILES string of the molecule is CC(C)C[C@@H](NS(=O)(=O)C1CCCN(C(=O)C2CCCC2)C1)C(=O)O. The first-order valence-corrected chi connectivity index (χ1v) is 10.8. The molecule has 1 unspecified atom stereocenters. The second-order valence-electron chi connectivity index (χ2n) is 7.71. The van der Waals surface area contributed by atoms with Crippen molar-refractivity contribution < 1.29 is 23.1 Å². The van der Waals surface area contributed by atoms with Crippen molar-refractivity contribution in [1.82, 2.24) is 9.62 Å². The topological polar surface area (TPSA) is 104 Å². The van der Waals surface area contributed by atoms with Crippen molar-refractivity contribution in [3.63, 3.8) is 0 Å². The molecule has 1 saturated heterocycles. The lowest BCUT2D eigenvalue weighted by atomic mass is 10.0. The normalized spacial score (nSPS) is 23.8. The monoisotopic (exact) mass is 374 g/mol. The van der Waals surface area contributed by atoms with E-state index in [0.29, 0.717) is 19.4 Å². The molecule has 1 amide bonds. The quantitative estimate of drug-likeness (QED) is 0.704. The van der Waals surface area contributed by atoms with E-state index in [1.54, 1.807) is 4.90 Å². The van der Waals surface area contributed by atoms with Gasteiger partial charge in [0.15, 0.2) is 0 Å². The fourth-order valence-corrected chi connectivity index (χ4v) is 5.43. The van der Waals surface area contributed by atoms with Crippen LogP contribution in [0.2, 0.25) is 0 Å². The maximum atomic E-state index is 12.7. The Kier molecular flexibility index (Phi) is 6.85. The summed E-state index contributed by atoms with van der Waals surface area (Å²) in [5, 5.41) is 8.54. The minimum atomic E-state index is -3.79. The second kappa shape index (κ2) is 8.49. The van der Waals surface area contributed by atoms with Crippen molar-refractivity contribution in [2.75, 3.05) is 13.1 Å². The number of carbonyl (C=O) groups is 2. The number of carboxylic acids is 1. The summed E-state index contributed by atoms with van der Waals surface area (Å²) in [6.45, 7) is 4.47. The van der Waals surface area contributed by atoms with E-state index < -0.39 is 27.3 Å². The van der Waals surface area contributed by atoms with Gasteiger partial charge in [0.2, 0.25) is 15.9 Å². The van der Waals surface area contributed by atoms with E-state index in [-0.39, 0.29) is 30.7 Å². The summed E-state index contributed by atoms with van der Waals surface area (Å²) in [7, 11) is -3.79. The van der Waals surface area contributed by atoms with Gasteiger partial charge in [-0.1, -0.05) is 26.7 Å². The highest BCUT2D eigenvalue weighted by Gasteiger charge is 2.37. The van der Waals surface area contributed by atoms with Gasteiger partial charge in [-0.2, -0.15) is 0 Å². The lowest BCUT2D eigenvalue weighted by molar-refractivity contribution is -0.139. The van der Waals surface area contributed by atoms with Crippen LogP contribution >= 0.6 is 0 Å². The zero-order chi connectivity index (χ0) is 18.6. The molecule has 0 spiro atoms. The molecule has 1 heterocycles. The average molecular weight is 375 g/mol. The van der Waals surface area contributed by atoms with E-state index in [4.69, 9.17) is 0 Å². The summed E-state index contributed by atoms with van der Waals surface area (Å²) >= 11 is 0. The van der Waals surface area contributed by atoms with Crippen molar-refractivity contribution in [3.8, 4) is 0 Å². The van der Waals surface area contributed by atoms with Gasteiger partial charge in [0.05, 0.1) is 5.25 Å². The van der Waals surface area contributed by atoms with Crippen LogP contribution in [0.5, 0.6) is 0 Å². The predicted octanol–water partition coefficient (Wildman–Crippen LogP) is 1.59. The zero-order valence-electron chi connectivity index (χ0n) is 15.1. The Balaban J connectivity index is 2.02. The largest absolute Gasteiger partial charge is 0.480 e. The summed E-state index contributed by atoms with van der Waals surface area (Å²) in [5.41, 5.74) is 0. The van der Waals surface area contributed by atoms with Crippen LogP contribution in [0, 0.1) is 11.8 Å². The van der Waals surface area contributed by atoms with Crippen LogP contribution in [0.15, 0.2) is 0 Å². The van der Waals surface area contributed by atoms with Crippen molar-refractivity contribution in [3.05, 3.63) is 0 Å². The number of carboxylic acid groups (broad SMARTS) is 1. The van der Waals surface area contributed by atoms with Crippen molar-refractivity contribution in [2.45, 2.75) is 70.1 Å². The van der Waals surface area contributed by atoms with Crippen LogP contribution < -0.4 is 4.72 Å². The molecule has 0 bridgehead atoms. The number of piperidine rings is 1. The molecular formula is C17H30N2O5S. The number of amides is 1. The fourth-order valence-electron chi connectivity index (χ4n) is 3.79. The molecule has 8 heteroatoms. The van der Waals surface area contributed by atoms with Gasteiger partial charge < -0.3 is 10.0 Å². The maximum absolute atomic E-state index is 12.7. The van der Waals surface area contributed by atoms with E-state index in [2.05, 4.69) is 4.72 Å². The molecule has 2 fully saturated rings. The number of likely N-dealkylation sites (tertiary alicyclic amines) is 1. The van der Waals surface area contributed by atoms with Crippen molar-refractivity contribution >= 4 is 21.9 Å². The average Bonchev–Trinajstić information content (AvgIpc) is 3.07. The van der Waals surface area contributed by atoms with Crippen LogP contribution in [-0.2, 0) is 19.6 Å². The van der Waals surface area contributed by atoms with Gasteiger partial charge in [0.25, 0.3) is 0 Å². The van der Waals surface area contributed by atoms with Gasteiger partial charge in [-0.05, 0) is 38.0 Å². The summed E-state index contributed by atoms with van der Waals surface area (Å²) < 4.78 is 27.7. The molecule has 0 aromatic rings. The molecule has 2 rings (SSSR count). The number of carbonyl (C=O) groups excluding carboxylic acids is 1. The third-order valence-electron chi connectivity index (χ3n) is 5.14. The number of sulfonamides is 1. The highest BCUT2D eigenvalue weighted by atomic mass is 32.2. The predicted molar refractivity (Wildman–Crippen MR) is 94.5 cm³/mol. The standard InChI is InChI=1S/C17H30N2O5S/c1-12(2)10-15(17(21)22)18-25(23,24)14-8-5-9-19(11-14)16(20)13-6-3-4-7-13/h12-15,18H,3-11H2,1-2H3,(H,21,22)/t14?,15-/m1/s1. The molecular weight excluding hydrogens is 344 g/mol. The lowest BCUT2D eigenvalue weighted by Crippen LogP contribution is -2.52. The van der Waals surface area contributed by atoms with Gasteiger partial charge in [-0.15, -0.1) is 0 Å². The fraction of sp³-hybridized carbons (Fsp3) is 0.882. The number of aliphatic carboxylic acids is 1. The Bertz CT molecular complexity index is 584. The Morgan fingerprint density at radius 3 is 2.36 bits per heavy atom. The van der Waals surface area contributed by atoms with Gasteiger partial charge in [-0.25, -0.2) is 13.1 Å². The maximum Gasteiger partial charge on any atom is 0.321 e. The van der Waals surface area contributed by atoms with E-state index in [1.807, 2.05) is 13.8 Å². The minimum Gasteiger partial charge on any atom is -0.480 e. The first-order chi connectivity index (χ1) is 11.7. The molecule has 144 valence electrons. The molecule has 7 nitrogen and oxygen atoms in total. The van der Waals surface area contributed by atoms with Gasteiger partial charge in [0, 0.05) is 19.0 Å². The third-order valence-corrected chi connectivity index (χ3v) is 7.02. The van der Waals surface area contributed by atoms with E-state index in [9.17, 15) is 23.1 Å². The van der Waals surface area contributed by atoms with Crippen LogP contribution in [0.25, 0.3) is 0 Å². The van der Waals surface area contributed by atoms with Crippen LogP contribution in [0.1, 0.15) is 58.8 Å². The van der Waals surface area contributed by atoms with Crippen LogP contribution in [0.3, 0.4) is 0 Å². The van der Waals surface area contributed by atoms with E-state index >= 15 is 0 Å². The third kappa shape index (κ3) is 5.41. The number of rotatable bonds is 7. The Labute approximate surface area is 150 Å². The molecule has 25 heavy (non-hydrogen) atoms. The smallest absolute Gasteiger partial charge is 0.321 e. The zero-order valence-corrected chi connectivity index (χ0v) is 15.9. The number of nitrogens with zero attached hydrogens (tertiary/aromatic N) is 1. The van der Waals surface area contributed by atoms with Crippen LogP contribution in [0.4, 0.5) is 0 Å². The molecule has 0 aromatic heterocycles.